The normalized spacial score (nSPS) is 20.2. The second-order valence-electron chi connectivity index (χ2n) is 8.14. The van der Waals surface area contributed by atoms with E-state index in [1.165, 1.54) is 6.42 Å². The predicted molar refractivity (Wildman–Crippen MR) is 110 cm³/mol. The minimum Gasteiger partial charge on any atom is -0.337 e. The Morgan fingerprint density at radius 3 is 2.22 bits per heavy atom. The number of hydrogen-bond donors (Lipinski definition) is 3. The summed E-state index contributed by atoms with van der Waals surface area (Å²) in [6.45, 7) is 14.1. The van der Waals surface area contributed by atoms with Gasteiger partial charge in [0.25, 0.3) is 0 Å². The Morgan fingerprint density at radius 1 is 1.04 bits per heavy atom. The van der Waals surface area contributed by atoms with Gasteiger partial charge in [-0.25, -0.2) is 4.79 Å². The Kier molecular flexibility index (Phi) is 7.66. The van der Waals surface area contributed by atoms with Gasteiger partial charge < -0.3 is 20.9 Å². The molecule has 0 radical (unpaired) electrons. The zero-order valence-corrected chi connectivity index (χ0v) is 17.3. The molecule has 6 nitrogen and oxygen atoms in total. The van der Waals surface area contributed by atoms with Crippen molar-refractivity contribution in [1.82, 2.24) is 15.5 Å². The number of piperidine rings is 1. The smallest absolute Gasteiger partial charge is 0.315 e. The zero-order chi connectivity index (χ0) is 20.0. The van der Waals surface area contributed by atoms with Gasteiger partial charge in [0.2, 0.25) is 5.91 Å². The second-order valence-corrected chi connectivity index (χ2v) is 8.14. The van der Waals surface area contributed by atoms with Crippen LogP contribution in [0.3, 0.4) is 0 Å². The number of aryl methyl sites for hydroxylation is 3. The highest BCUT2D eigenvalue weighted by Crippen LogP contribution is 2.22. The van der Waals surface area contributed by atoms with Gasteiger partial charge in [-0.3, -0.25) is 4.79 Å². The third-order valence-electron chi connectivity index (χ3n) is 5.01. The number of likely N-dealkylation sites (tertiary alicyclic amines) is 1. The molecule has 0 aromatic heterocycles. The van der Waals surface area contributed by atoms with Gasteiger partial charge in [0, 0.05) is 31.9 Å². The van der Waals surface area contributed by atoms with E-state index in [2.05, 4.69) is 34.7 Å². The fourth-order valence-corrected chi connectivity index (χ4v) is 4.09. The first-order chi connectivity index (χ1) is 12.7. The lowest BCUT2D eigenvalue weighted by molar-refractivity contribution is -0.115. The molecule has 6 heteroatoms. The second kappa shape index (κ2) is 9.74. The molecule has 27 heavy (non-hydrogen) atoms. The SMILES string of the molecule is Cc1cc(C)c(NC(=O)CNC(=O)NCCN2CC(C)CC(C)C2)c(C)c1. The monoisotopic (exact) mass is 374 g/mol. The Morgan fingerprint density at radius 2 is 1.63 bits per heavy atom. The molecule has 0 aliphatic carbocycles. The number of nitrogens with zero attached hydrogens (tertiary/aromatic N) is 1. The fraction of sp³-hybridized carbons (Fsp3) is 0.619. The summed E-state index contributed by atoms with van der Waals surface area (Å²) in [5.74, 6) is 1.19. The van der Waals surface area contributed by atoms with E-state index in [0.29, 0.717) is 18.4 Å². The van der Waals surface area contributed by atoms with E-state index in [1.54, 1.807) is 0 Å². The van der Waals surface area contributed by atoms with E-state index >= 15 is 0 Å². The van der Waals surface area contributed by atoms with Gasteiger partial charge >= 0.3 is 6.03 Å². The molecule has 2 atom stereocenters. The van der Waals surface area contributed by atoms with Crippen molar-refractivity contribution >= 4 is 17.6 Å². The van der Waals surface area contributed by atoms with Crippen LogP contribution in [0.4, 0.5) is 10.5 Å². The van der Waals surface area contributed by atoms with Crippen molar-refractivity contribution in [3.63, 3.8) is 0 Å². The number of carbonyl (C=O) groups is 2. The Bertz CT molecular complexity index is 641. The molecule has 0 saturated carbocycles. The number of urea groups is 1. The number of amides is 3. The van der Waals surface area contributed by atoms with Crippen molar-refractivity contribution in [1.29, 1.82) is 0 Å². The zero-order valence-electron chi connectivity index (χ0n) is 17.3. The van der Waals surface area contributed by atoms with Crippen LogP contribution in [0.25, 0.3) is 0 Å². The summed E-state index contributed by atoms with van der Waals surface area (Å²) in [6, 6.07) is 3.76. The lowest BCUT2D eigenvalue weighted by Gasteiger charge is -2.34. The molecule has 1 aromatic carbocycles. The topological polar surface area (TPSA) is 73.5 Å². The van der Waals surface area contributed by atoms with Crippen LogP contribution >= 0.6 is 0 Å². The highest BCUT2D eigenvalue weighted by molar-refractivity contribution is 5.95. The average Bonchev–Trinajstić information content (AvgIpc) is 2.55. The summed E-state index contributed by atoms with van der Waals surface area (Å²) in [7, 11) is 0. The van der Waals surface area contributed by atoms with E-state index in [-0.39, 0.29) is 18.5 Å². The summed E-state index contributed by atoms with van der Waals surface area (Å²) in [4.78, 5) is 26.5. The van der Waals surface area contributed by atoms with Gasteiger partial charge in [-0.15, -0.1) is 0 Å². The van der Waals surface area contributed by atoms with Gasteiger partial charge in [-0.1, -0.05) is 31.5 Å². The Labute approximate surface area is 163 Å². The molecule has 1 saturated heterocycles. The summed E-state index contributed by atoms with van der Waals surface area (Å²) >= 11 is 0. The lowest BCUT2D eigenvalue weighted by atomic mass is 9.92. The van der Waals surface area contributed by atoms with Crippen molar-refractivity contribution in [2.24, 2.45) is 11.8 Å². The standard InChI is InChI=1S/C21H34N4O2/c1-14-9-17(4)20(18(5)10-14)24-19(26)11-23-21(27)22-6-7-25-12-15(2)8-16(3)13-25/h9-10,15-16H,6-8,11-13H2,1-5H3,(H,24,26)(H2,22,23,27). The van der Waals surface area contributed by atoms with Crippen molar-refractivity contribution in [2.45, 2.75) is 41.0 Å². The van der Waals surface area contributed by atoms with Crippen LogP contribution in [0, 0.1) is 32.6 Å². The van der Waals surface area contributed by atoms with Crippen molar-refractivity contribution in [3.05, 3.63) is 28.8 Å². The van der Waals surface area contributed by atoms with E-state index in [1.807, 2.05) is 32.9 Å². The molecule has 0 spiro atoms. The molecule has 1 aliphatic rings. The number of hydrogen-bond acceptors (Lipinski definition) is 3. The van der Waals surface area contributed by atoms with E-state index in [9.17, 15) is 9.59 Å². The molecule has 2 rings (SSSR count). The summed E-state index contributed by atoms with van der Waals surface area (Å²) in [6.07, 6.45) is 1.28. The van der Waals surface area contributed by atoms with Crippen molar-refractivity contribution < 1.29 is 9.59 Å². The molecule has 1 fully saturated rings. The van der Waals surface area contributed by atoms with E-state index in [4.69, 9.17) is 0 Å². The molecule has 1 aromatic rings. The van der Waals surface area contributed by atoms with Crippen molar-refractivity contribution in [3.8, 4) is 0 Å². The molecule has 1 aliphatic heterocycles. The molecule has 1 heterocycles. The van der Waals surface area contributed by atoms with Crippen LogP contribution in [0.5, 0.6) is 0 Å². The number of benzene rings is 1. The number of nitrogens with one attached hydrogen (secondary N) is 3. The quantitative estimate of drug-likeness (QED) is 0.717. The first-order valence-corrected chi connectivity index (χ1v) is 9.86. The minimum absolute atomic E-state index is 0.0453. The summed E-state index contributed by atoms with van der Waals surface area (Å²) < 4.78 is 0. The van der Waals surface area contributed by atoms with E-state index < -0.39 is 0 Å². The van der Waals surface area contributed by atoms with Crippen LogP contribution in [0.1, 0.15) is 37.0 Å². The Hall–Kier alpha value is -2.08. The average molecular weight is 375 g/mol. The van der Waals surface area contributed by atoms with Crippen LogP contribution in [0.2, 0.25) is 0 Å². The van der Waals surface area contributed by atoms with Crippen LogP contribution in [-0.2, 0) is 4.79 Å². The van der Waals surface area contributed by atoms with Gasteiger partial charge in [0.05, 0.1) is 6.54 Å². The summed E-state index contributed by atoms with van der Waals surface area (Å²) in [5, 5.41) is 8.35. The predicted octanol–water partition coefficient (Wildman–Crippen LogP) is 2.83. The highest BCUT2D eigenvalue weighted by Gasteiger charge is 2.21. The fourth-order valence-electron chi connectivity index (χ4n) is 4.09. The maximum atomic E-state index is 12.1. The molecule has 150 valence electrons. The van der Waals surface area contributed by atoms with Crippen LogP contribution in [0.15, 0.2) is 12.1 Å². The molecular weight excluding hydrogens is 340 g/mol. The maximum absolute atomic E-state index is 12.1. The van der Waals surface area contributed by atoms with Gasteiger partial charge in [-0.2, -0.15) is 0 Å². The summed E-state index contributed by atoms with van der Waals surface area (Å²) in [5.41, 5.74) is 4.03. The first kappa shape index (κ1) is 21.2. The van der Waals surface area contributed by atoms with Crippen molar-refractivity contribution in [2.75, 3.05) is 38.0 Å². The first-order valence-electron chi connectivity index (χ1n) is 9.86. The number of carbonyl (C=O) groups excluding carboxylic acids is 2. The van der Waals surface area contributed by atoms with Gasteiger partial charge in [-0.05, 0) is 50.2 Å². The van der Waals surface area contributed by atoms with Crippen LogP contribution < -0.4 is 16.0 Å². The highest BCUT2D eigenvalue weighted by atomic mass is 16.2. The third kappa shape index (κ3) is 6.86. The van der Waals surface area contributed by atoms with Gasteiger partial charge in [0.15, 0.2) is 0 Å². The molecule has 2 unspecified atom stereocenters. The largest absolute Gasteiger partial charge is 0.337 e. The maximum Gasteiger partial charge on any atom is 0.315 e. The lowest BCUT2D eigenvalue weighted by Crippen LogP contribution is -2.45. The minimum atomic E-state index is -0.305. The number of anilines is 1. The molecule has 3 amide bonds. The Balaban J connectivity index is 1.69. The van der Waals surface area contributed by atoms with E-state index in [0.717, 1.165) is 42.0 Å². The van der Waals surface area contributed by atoms with Gasteiger partial charge in [0.1, 0.15) is 0 Å². The third-order valence-corrected chi connectivity index (χ3v) is 5.01. The molecular formula is C21H34N4O2. The van der Waals surface area contributed by atoms with Crippen LogP contribution in [-0.4, -0.2) is 49.6 Å². The molecule has 0 bridgehead atoms. The molecule has 3 N–H and O–H groups in total. The number of rotatable bonds is 6.